The van der Waals surface area contributed by atoms with Gasteiger partial charge in [-0.1, -0.05) is 135 Å². The summed E-state index contributed by atoms with van der Waals surface area (Å²) >= 11 is 0. The van der Waals surface area contributed by atoms with Gasteiger partial charge in [-0.05, 0) is 22.3 Å². The number of nitrogens with zero attached hydrogens (tertiary/aromatic N) is 4. The van der Waals surface area contributed by atoms with Gasteiger partial charge in [-0.2, -0.15) is 0 Å². The summed E-state index contributed by atoms with van der Waals surface area (Å²) in [6.07, 6.45) is 0.205. The molecular formula is C52H62N4O14. The Kier molecular flexibility index (Phi) is 24.9. The van der Waals surface area contributed by atoms with Crippen molar-refractivity contribution in [3.63, 3.8) is 0 Å². The molecule has 4 aromatic rings. The van der Waals surface area contributed by atoms with Crippen molar-refractivity contribution in [2.24, 2.45) is 0 Å². The fourth-order valence-corrected chi connectivity index (χ4v) is 6.41. The zero-order valence-corrected chi connectivity index (χ0v) is 39.8. The second-order valence-electron chi connectivity index (χ2n) is 15.8. The Morgan fingerprint density at radius 2 is 0.586 bits per heavy atom. The molecule has 0 aromatic heterocycles. The predicted molar refractivity (Wildman–Crippen MR) is 253 cm³/mol. The lowest BCUT2D eigenvalue weighted by molar-refractivity contribution is -0.156. The summed E-state index contributed by atoms with van der Waals surface area (Å²) in [6.45, 7) is -0.326. The first-order valence-corrected chi connectivity index (χ1v) is 23.0. The maximum Gasteiger partial charge on any atom is 0.325 e. The van der Waals surface area contributed by atoms with Crippen molar-refractivity contribution in [3.05, 3.63) is 144 Å². The monoisotopic (exact) mass is 966 g/mol. The van der Waals surface area contributed by atoms with E-state index in [-0.39, 0.29) is 91.8 Å². The number of benzene rings is 4. The van der Waals surface area contributed by atoms with Gasteiger partial charge in [0, 0.05) is 39.0 Å². The third kappa shape index (κ3) is 22.6. The van der Waals surface area contributed by atoms with E-state index in [1.807, 2.05) is 24.3 Å². The van der Waals surface area contributed by atoms with Crippen molar-refractivity contribution in [1.29, 1.82) is 0 Å². The van der Waals surface area contributed by atoms with Gasteiger partial charge < -0.3 is 38.2 Å². The van der Waals surface area contributed by atoms with Gasteiger partial charge in [-0.25, -0.2) is 0 Å². The minimum atomic E-state index is -0.778. The first-order valence-electron chi connectivity index (χ1n) is 23.0. The van der Waals surface area contributed by atoms with Crippen LogP contribution in [-0.2, 0) is 93.2 Å². The van der Waals surface area contributed by atoms with Crippen molar-refractivity contribution in [3.8, 4) is 0 Å². The van der Waals surface area contributed by atoms with Crippen LogP contribution >= 0.6 is 0 Å². The molecule has 0 bridgehead atoms. The summed E-state index contributed by atoms with van der Waals surface area (Å²) < 4.78 is 32.5. The quantitative estimate of drug-likeness (QED) is 0.0514. The fourth-order valence-electron chi connectivity index (χ4n) is 6.41. The van der Waals surface area contributed by atoms with Crippen LogP contribution in [0.15, 0.2) is 121 Å². The number of amides is 2. The Hall–Kier alpha value is -7.44. The smallest absolute Gasteiger partial charge is 0.325 e. The highest BCUT2D eigenvalue weighted by molar-refractivity contribution is 5.88. The first kappa shape index (κ1) is 55.2. The summed E-state index contributed by atoms with van der Waals surface area (Å²) in [7, 11) is 0. The molecule has 70 heavy (non-hydrogen) atoms. The third-order valence-electron chi connectivity index (χ3n) is 10.3. The van der Waals surface area contributed by atoms with Gasteiger partial charge in [0.1, 0.15) is 65.8 Å². The maximum absolute atomic E-state index is 14.2. The van der Waals surface area contributed by atoms with Crippen molar-refractivity contribution in [2.75, 3.05) is 78.7 Å². The van der Waals surface area contributed by atoms with Crippen molar-refractivity contribution in [2.45, 2.75) is 53.1 Å². The predicted octanol–water partition coefficient (Wildman–Crippen LogP) is 4.13. The van der Waals surface area contributed by atoms with Gasteiger partial charge in [0.25, 0.3) is 0 Å². The molecular weight excluding hydrogens is 905 g/mol. The first-order chi connectivity index (χ1) is 33.9. The van der Waals surface area contributed by atoms with Crippen LogP contribution in [0.25, 0.3) is 0 Å². The molecule has 0 unspecified atom stereocenters. The molecule has 0 aliphatic carbocycles. The minimum absolute atomic E-state index is 0.0153. The van der Waals surface area contributed by atoms with Crippen LogP contribution in [0.1, 0.15) is 48.9 Å². The van der Waals surface area contributed by atoms with E-state index in [4.69, 9.17) is 28.4 Å². The molecule has 0 saturated heterocycles. The summed E-state index contributed by atoms with van der Waals surface area (Å²) in [5.41, 5.74) is 2.85. The largest absolute Gasteiger partial charge is 0.464 e. The number of ether oxygens (including phenoxy) is 6. The van der Waals surface area contributed by atoms with Crippen molar-refractivity contribution < 1.29 is 66.8 Å². The number of carbonyl (C=O) groups is 8. The molecule has 4 rings (SSSR count). The summed E-state index contributed by atoms with van der Waals surface area (Å²) in [5, 5.41) is 0. The molecule has 0 N–H and O–H groups in total. The van der Waals surface area contributed by atoms with Crippen LogP contribution in [0.5, 0.6) is 0 Å². The van der Waals surface area contributed by atoms with E-state index in [0.29, 0.717) is 22.3 Å². The molecule has 18 heteroatoms. The average molecular weight is 967 g/mol. The number of carbonyl (C=O) groups excluding carboxylic acids is 8. The second kappa shape index (κ2) is 31.6. The lowest BCUT2D eigenvalue weighted by Crippen LogP contribution is -2.49. The van der Waals surface area contributed by atoms with E-state index in [0.717, 1.165) is 9.80 Å². The minimum Gasteiger partial charge on any atom is -0.464 e. The molecule has 0 atom stereocenters. The molecule has 4 aromatic carbocycles. The molecule has 0 heterocycles. The van der Waals surface area contributed by atoms with E-state index >= 15 is 0 Å². The standard InChI is InChI=1S/C52H62N4O14/c1-3-47(59)65-29-27-53(31-45(57)55(33-49(61)67-37-41-17-9-5-10-18-41)34-50(62)68-38-42-19-11-6-12-20-42)25-26-54(28-30-66-48(60)4-2)32-46(58)56(35-51(63)69-39-43-21-13-7-14-22-43)36-52(64)70-40-44-23-15-8-16-24-44/h5-24H,3-4,25-40H2,1-2H3. The highest BCUT2D eigenvalue weighted by Crippen LogP contribution is 2.09. The number of hydrogen-bond acceptors (Lipinski definition) is 16. The molecule has 2 amide bonds. The van der Waals surface area contributed by atoms with E-state index < -0.39 is 73.8 Å². The van der Waals surface area contributed by atoms with E-state index in [9.17, 15) is 38.4 Å². The summed E-state index contributed by atoms with van der Waals surface area (Å²) in [4.78, 5) is 110. The zero-order valence-electron chi connectivity index (χ0n) is 39.8. The van der Waals surface area contributed by atoms with Gasteiger partial charge in [-0.3, -0.25) is 48.2 Å². The van der Waals surface area contributed by atoms with Crippen LogP contribution in [0.4, 0.5) is 0 Å². The Morgan fingerprint density at radius 1 is 0.329 bits per heavy atom. The lowest BCUT2D eigenvalue weighted by Gasteiger charge is -2.30. The Bertz CT molecular complexity index is 1980. The third-order valence-corrected chi connectivity index (χ3v) is 10.3. The molecule has 0 spiro atoms. The number of hydrogen-bond donors (Lipinski definition) is 0. The van der Waals surface area contributed by atoms with E-state index in [1.54, 1.807) is 121 Å². The topological polar surface area (TPSA) is 205 Å². The van der Waals surface area contributed by atoms with Crippen LogP contribution in [-0.4, -0.2) is 146 Å². The summed E-state index contributed by atoms with van der Waals surface area (Å²) in [6, 6.07) is 35.7. The molecule has 0 fully saturated rings. The van der Waals surface area contributed by atoms with Crippen LogP contribution in [0, 0.1) is 0 Å². The van der Waals surface area contributed by atoms with Gasteiger partial charge in [0.05, 0.1) is 13.1 Å². The van der Waals surface area contributed by atoms with Gasteiger partial charge >= 0.3 is 35.8 Å². The molecule has 0 radical (unpaired) electrons. The molecule has 374 valence electrons. The average Bonchev–Trinajstić information content (AvgIpc) is 3.38. The van der Waals surface area contributed by atoms with E-state index in [2.05, 4.69) is 0 Å². The van der Waals surface area contributed by atoms with Crippen LogP contribution < -0.4 is 0 Å². The highest BCUT2D eigenvalue weighted by Gasteiger charge is 2.27. The number of esters is 6. The van der Waals surface area contributed by atoms with Crippen LogP contribution in [0.3, 0.4) is 0 Å². The second-order valence-corrected chi connectivity index (χ2v) is 15.8. The zero-order chi connectivity index (χ0) is 50.4. The van der Waals surface area contributed by atoms with Gasteiger partial charge in [0.2, 0.25) is 11.8 Å². The normalized spacial score (nSPS) is 10.7. The van der Waals surface area contributed by atoms with Gasteiger partial charge in [-0.15, -0.1) is 0 Å². The Morgan fingerprint density at radius 3 is 0.829 bits per heavy atom. The fraction of sp³-hybridized carbons (Fsp3) is 0.385. The molecule has 0 aliphatic heterocycles. The van der Waals surface area contributed by atoms with Gasteiger partial charge in [0.15, 0.2) is 0 Å². The molecule has 0 aliphatic rings. The van der Waals surface area contributed by atoms with Crippen LogP contribution in [0.2, 0.25) is 0 Å². The van der Waals surface area contributed by atoms with Crippen molar-refractivity contribution >= 4 is 47.6 Å². The van der Waals surface area contributed by atoms with E-state index in [1.165, 1.54) is 0 Å². The maximum atomic E-state index is 14.2. The SMILES string of the molecule is CCC(=O)OCCN(CCN(CCOC(=O)CC)CC(=O)N(CC(=O)OCc1ccccc1)CC(=O)OCc1ccccc1)CC(=O)N(CC(=O)OCc1ccccc1)CC(=O)OCc1ccccc1. The van der Waals surface area contributed by atoms with Crippen molar-refractivity contribution in [1.82, 2.24) is 19.6 Å². The Balaban J connectivity index is 1.52. The molecule has 0 saturated carbocycles. The number of rotatable bonds is 31. The molecule has 18 nitrogen and oxygen atoms in total. The summed E-state index contributed by atoms with van der Waals surface area (Å²) in [5.74, 6) is -5.40. The highest BCUT2D eigenvalue weighted by atomic mass is 16.6. The lowest BCUT2D eigenvalue weighted by atomic mass is 10.2. The Labute approximate surface area is 408 Å².